The van der Waals surface area contributed by atoms with Crippen molar-refractivity contribution in [3.63, 3.8) is 0 Å². The molecule has 0 unspecified atom stereocenters. The summed E-state index contributed by atoms with van der Waals surface area (Å²) in [7, 11) is 0. The monoisotopic (exact) mass is 433 g/mol. The third-order valence-corrected chi connectivity index (χ3v) is 6.85. The Labute approximate surface area is 185 Å². The van der Waals surface area contributed by atoms with Crippen molar-refractivity contribution in [1.82, 2.24) is 19.5 Å². The number of nitrogens with two attached hydrogens (primary N) is 1. The van der Waals surface area contributed by atoms with E-state index in [1.54, 1.807) is 6.92 Å². The van der Waals surface area contributed by atoms with E-state index in [2.05, 4.69) is 15.0 Å². The molecule has 5 rings (SSSR count). The predicted octanol–water partition coefficient (Wildman–Crippen LogP) is 2.93. The van der Waals surface area contributed by atoms with Crippen LogP contribution in [0.5, 0.6) is 5.75 Å². The van der Waals surface area contributed by atoms with Gasteiger partial charge in [0.1, 0.15) is 29.6 Å². The number of nitrogens with zero attached hydrogens (tertiary/aromatic N) is 4. The normalized spacial score (nSPS) is 25.6. The molecule has 0 radical (unpaired) electrons. The molecule has 0 saturated heterocycles. The van der Waals surface area contributed by atoms with Crippen molar-refractivity contribution in [2.45, 2.75) is 44.9 Å². The number of aromatic nitrogens is 4. The van der Waals surface area contributed by atoms with Gasteiger partial charge in [-0.15, -0.1) is 0 Å². The van der Waals surface area contributed by atoms with Crippen molar-refractivity contribution in [3.05, 3.63) is 54.1 Å². The third-order valence-electron chi connectivity index (χ3n) is 6.85. The molecule has 8 nitrogen and oxygen atoms in total. The van der Waals surface area contributed by atoms with E-state index in [0.717, 1.165) is 33.2 Å². The molecule has 166 valence electrons. The summed E-state index contributed by atoms with van der Waals surface area (Å²) in [5, 5.41) is 24.1. The molecule has 1 aromatic carbocycles. The molecule has 4 atom stereocenters. The molecule has 4 N–H and O–H groups in total. The molecule has 0 amide bonds. The number of fused-ring (bicyclic) bond motifs is 2. The molecule has 1 aliphatic rings. The lowest BCUT2D eigenvalue weighted by molar-refractivity contribution is -0.0821. The van der Waals surface area contributed by atoms with Gasteiger partial charge < -0.3 is 25.3 Å². The number of benzene rings is 1. The van der Waals surface area contributed by atoms with E-state index in [1.807, 2.05) is 54.9 Å². The van der Waals surface area contributed by atoms with Gasteiger partial charge in [-0.25, -0.2) is 15.0 Å². The Bertz CT molecular complexity index is 1320. The van der Waals surface area contributed by atoms with Crippen LogP contribution in [-0.4, -0.2) is 48.0 Å². The summed E-state index contributed by atoms with van der Waals surface area (Å²) in [6.45, 7) is 5.79. The van der Waals surface area contributed by atoms with E-state index in [9.17, 15) is 10.2 Å². The molecule has 3 heterocycles. The number of hydrogen-bond acceptors (Lipinski definition) is 7. The van der Waals surface area contributed by atoms with Crippen molar-refractivity contribution in [1.29, 1.82) is 0 Å². The molecular formula is C24H27N5O3. The van der Waals surface area contributed by atoms with Gasteiger partial charge in [0.25, 0.3) is 0 Å². The van der Waals surface area contributed by atoms with E-state index in [-0.39, 0.29) is 18.6 Å². The van der Waals surface area contributed by atoms with Crippen molar-refractivity contribution >= 4 is 27.8 Å². The summed E-state index contributed by atoms with van der Waals surface area (Å²) >= 11 is 0. The lowest BCUT2D eigenvalue weighted by atomic mass is 9.92. The Kier molecular flexibility index (Phi) is 4.79. The van der Waals surface area contributed by atoms with Gasteiger partial charge in [-0.05, 0) is 57.0 Å². The summed E-state index contributed by atoms with van der Waals surface area (Å²) in [5.41, 5.74) is 7.98. The summed E-state index contributed by atoms with van der Waals surface area (Å²) in [6, 6.07) is 9.31. The van der Waals surface area contributed by atoms with Gasteiger partial charge in [-0.2, -0.15) is 0 Å². The van der Waals surface area contributed by atoms with E-state index in [0.29, 0.717) is 18.0 Å². The van der Waals surface area contributed by atoms with Crippen molar-refractivity contribution in [2.24, 2.45) is 5.92 Å². The van der Waals surface area contributed by atoms with Crippen LogP contribution in [0.4, 0.5) is 5.82 Å². The number of nitrogen functional groups attached to an aromatic ring is 1. The fourth-order valence-corrected chi connectivity index (χ4v) is 4.71. The highest BCUT2D eigenvalue weighted by atomic mass is 16.5. The smallest absolute Gasteiger partial charge is 0.143 e. The first-order chi connectivity index (χ1) is 15.3. The minimum absolute atomic E-state index is 0.265. The Morgan fingerprint density at radius 1 is 1.22 bits per heavy atom. The molecule has 8 heteroatoms. The average molecular weight is 434 g/mol. The van der Waals surface area contributed by atoms with Gasteiger partial charge in [-0.1, -0.05) is 0 Å². The molecular weight excluding hydrogens is 406 g/mol. The second-order valence-electron chi connectivity index (χ2n) is 8.95. The van der Waals surface area contributed by atoms with Gasteiger partial charge in [0.05, 0.1) is 29.5 Å². The lowest BCUT2D eigenvalue weighted by Crippen LogP contribution is -2.43. The number of aliphatic hydroxyl groups excluding tert-OH is 1. The van der Waals surface area contributed by atoms with Gasteiger partial charge in [0.2, 0.25) is 0 Å². The van der Waals surface area contributed by atoms with Gasteiger partial charge in [-0.3, -0.25) is 0 Å². The highest BCUT2D eigenvalue weighted by Crippen LogP contribution is 2.44. The maximum atomic E-state index is 11.1. The molecule has 1 aliphatic carbocycles. The molecule has 3 aromatic heterocycles. The number of ether oxygens (including phenoxy) is 1. The highest BCUT2D eigenvalue weighted by molar-refractivity contribution is 5.82. The molecule has 0 aliphatic heterocycles. The molecule has 0 bridgehead atoms. The van der Waals surface area contributed by atoms with Crippen LogP contribution in [0.1, 0.15) is 30.6 Å². The minimum atomic E-state index is -1.31. The van der Waals surface area contributed by atoms with Crippen LogP contribution in [-0.2, 0) is 0 Å². The zero-order valence-corrected chi connectivity index (χ0v) is 18.4. The molecule has 0 spiro atoms. The van der Waals surface area contributed by atoms with E-state index in [1.165, 1.54) is 6.33 Å². The average Bonchev–Trinajstić information content (AvgIpc) is 3.28. The van der Waals surface area contributed by atoms with Crippen molar-refractivity contribution in [2.75, 3.05) is 12.3 Å². The second kappa shape index (κ2) is 7.43. The zero-order chi connectivity index (χ0) is 22.6. The van der Waals surface area contributed by atoms with Crippen LogP contribution in [0.2, 0.25) is 0 Å². The lowest BCUT2D eigenvalue weighted by Gasteiger charge is -2.29. The Morgan fingerprint density at radius 2 is 2.03 bits per heavy atom. The van der Waals surface area contributed by atoms with Gasteiger partial charge >= 0.3 is 0 Å². The van der Waals surface area contributed by atoms with Crippen LogP contribution >= 0.6 is 0 Å². The zero-order valence-electron chi connectivity index (χ0n) is 18.4. The number of aryl methyl sites for hydroxylation is 2. The second-order valence-corrected chi connectivity index (χ2v) is 8.95. The summed E-state index contributed by atoms with van der Waals surface area (Å²) < 4.78 is 7.98. The SMILES string of the molecule is Cc1cc2ccc(OC[C@@H]3C[C@@H](n4ccc5c(C)ncnc54)[C@H](O)[C@]3(C)O)cc2nc1N. The Hall–Kier alpha value is -3.23. The van der Waals surface area contributed by atoms with Crippen LogP contribution in [0.25, 0.3) is 21.9 Å². The quantitative estimate of drug-likeness (QED) is 0.453. The largest absolute Gasteiger partial charge is 0.493 e. The first-order valence-corrected chi connectivity index (χ1v) is 10.7. The standard InChI is InChI=1S/C24H27N5O3/c1-13-8-15-4-5-17(10-19(15)28-22(13)25)32-11-16-9-20(21(30)24(16,3)31)29-7-6-18-14(2)26-12-27-23(18)29/h4-8,10,12,16,20-21,30-31H,9,11H2,1-3H3,(H2,25,28)/t16-,20+,21-,24+/m0/s1. The Morgan fingerprint density at radius 3 is 2.84 bits per heavy atom. The minimum Gasteiger partial charge on any atom is -0.493 e. The number of pyridine rings is 1. The van der Waals surface area contributed by atoms with Gasteiger partial charge in [0, 0.05) is 29.0 Å². The fourth-order valence-electron chi connectivity index (χ4n) is 4.71. The molecule has 1 fully saturated rings. The summed E-state index contributed by atoms with van der Waals surface area (Å²) in [4.78, 5) is 13.1. The van der Waals surface area contributed by atoms with Crippen LogP contribution in [0.15, 0.2) is 42.9 Å². The molecule has 32 heavy (non-hydrogen) atoms. The number of rotatable bonds is 4. The number of aliphatic hydroxyl groups is 2. The number of hydrogen-bond donors (Lipinski definition) is 3. The van der Waals surface area contributed by atoms with Crippen molar-refractivity contribution < 1.29 is 14.9 Å². The maximum absolute atomic E-state index is 11.1. The third kappa shape index (κ3) is 3.27. The van der Waals surface area contributed by atoms with Crippen LogP contribution < -0.4 is 10.5 Å². The van der Waals surface area contributed by atoms with Gasteiger partial charge in [0.15, 0.2) is 0 Å². The molecule has 1 saturated carbocycles. The predicted molar refractivity (Wildman–Crippen MR) is 122 cm³/mol. The summed E-state index contributed by atoms with van der Waals surface area (Å²) in [5.74, 6) is 0.878. The van der Waals surface area contributed by atoms with Crippen LogP contribution in [0, 0.1) is 19.8 Å². The van der Waals surface area contributed by atoms with Crippen molar-refractivity contribution in [3.8, 4) is 5.75 Å². The van der Waals surface area contributed by atoms with E-state index in [4.69, 9.17) is 10.5 Å². The first kappa shape index (κ1) is 20.7. The first-order valence-electron chi connectivity index (χ1n) is 10.7. The molecule has 4 aromatic rings. The topological polar surface area (TPSA) is 119 Å². The van der Waals surface area contributed by atoms with Crippen LogP contribution in [0.3, 0.4) is 0 Å². The summed E-state index contributed by atoms with van der Waals surface area (Å²) in [6.07, 6.45) is 3.03. The maximum Gasteiger partial charge on any atom is 0.143 e. The highest BCUT2D eigenvalue weighted by Gasteiger charge is 2.51. The number of anilines is 1. The van der Waals surface area contributed by atoms with E-state index < -0.39 is 11.7 Å². The van der Waals surface area contributed by atoms with E-state index >= 15 is 0 Å². The fraction of sp³-hybridized carbons (Fsp3) is 0.375. The Balaban J connectivity index is 1.38.